The fourth-order valence-electron chi connectivity index (χ4n) is 1.23. The Bertz CT molecular complexity index is 288. The van der Waals surface area contributed by atoms with Crippen LogP contribution in [0, 0.1) is 0 Å². The third-order valence-electron chi connectivity index (χ3n) is 2.06. The molecule has 14 heavy (non-hydrogen) atoms. The summed E-state index contributed by atoms with van der Waals surface area (Å²) in [7, 11) is 0. The number of halogens is 7. The van der Waals surface area contributed by atoms with Crippen LogP contribution in [-0.4, -0.2) is 17.8 Å². The van der Waals surface area contributed by atoms with Crippen molar-refractivity contribution in [1.82, 2.24) is 0 Å². The van der Waals surface area contributed by atoms with Gasteiger partial charge in [-0.25, -0.2) is 4.39 Å². The Morgan fingerprint density at radius 3 is 1.50 bits per heavy atom. The molecule has 0 aromatic carbocycles. The van der Waals surface area contributed by atoms with E-state index in [4.69, 9.17) is 0 Å². The molecular weight excluding hydrogens is 217 g/mol. The summed E-state index contributed by atoms with van der Waals surface area (Å²) in [5.41, 5.74) is -1.83. The van der Waals surface area contributed by atoms with Gasteiger partial charge in [0.1, 0.15) is 0 Å². The maximum Gasteiger partial charge on any atom is 0.382 e. The van der Waals surface area contributed by atoms with Crippen LogP contribution in [0.25, 0.3) is 0 Å². The number of hydrogen-bond donors (Lipinski definition) is 0. The van der Waals surface area contributed by atoms with Gasteiger partial charge in [0.05, 0.1) is 0 Å². The van der Waals surface area contributed by atoms with E-state index in [-0.39, 0.29) is 0 Å². The topological polar surface area (TPSA) is 0 Å². The lowest BCUT2D eigenvalue weighted by atomic mass is 10.1. The van der Waals surface area contributed by atoms with Gasteiger partial charge in [-0.15, -0.1) is 0 Å². The molecule has 0 nitrogen and oxygen atoms in total. The second-order valence-corrected chi connectivity index (χ2v) is 2.87. The Balaban J connectivity index is 3.39. The normalized spacial score (nSPS) is 28.3. The van der Waals surface area contributed by atoms with Crippen LogP contribution in [0.15, 0.2) is 11.4 Å². The third kappa shape index (κ3) is 0.951. The van der Waals surface area contributed by atoms with Gasteiger partial charge in [-0.05, 0) is 6.42 Å². The van der Waals surface area contributed by atoms with E-state index in [0.29, 0.717) is 0 Å². The lowest BCUT2D eigenvalue weighted by molar-refractivity contribution is -0.268. The molecule has 0 aliphatic heterocycles. The van der Waals surface area contributed by atoms with Crippen LogP contribution in [-0.2, 0) is 0 Å². The molecule has 0 amide bonds. The Morgan fingerprint density at radius 1 is 0.929 bits per heavy atom. The molecule has 0 saturated carbocycles. The van der Waals surface area contributed by atoms with Crippen molar-refractivity contribution in [2.24, 2.45) is 0 Å². The number of allylic oxidation sites excluding steroid dienone is 2. The lowest BCUT2D eigenvalue weighted by Gasteiger charge is -2.24. The summed E-state index contributed by atoms with van der Waals surface area (Å²) < 4.78 is 87.3. The van der Waals surface area contributed by atoms with Crippen LogP contribution < -0.4 is 0 Å². The minimum Gasteiger partial charge on any atom is -0.205 e. The highest BCUT2D eigenvalue weighted by Crippen LogP contribution is 2.60. The zero-order valence-electron chi connectivity index (χ0n) is 6.85. The van der Waals surface area contributed by atoms with Crippen molar-refractivity contribution < 1.29 is 30.7 Å². The Labute approximate surface area is 74.4 Å². The van der Waals surface area contributed by atoms with Crippen molar-refractivity contribution >= 4 is 0 Å². The van der Waals surface area contributed by atoms with Gasteiger partial charge in [-0.2, -0.15) is 26.3 Å². The second kappa shape index (κ2) is 2.64. The average molecular weight is 222 g/mol. The molecule has 0 bridgehead atoms. The van der Waals surface area contributed by atoms with E-state index in [1.165, 1.54) is 0 Å². The van der Waals surface area contributed by atoms with Gasteiger partial charge in [0.25, 0.3) is 0 Å². The molecule has 1 aliphatic carbocycles. The zero-order valence-corrected chi connectivity index (χ0v) is 6.85. The van der Waals surface area contributed by atoms with Crippen molar-refractivity contribution in [3.63, 3.8) is 0 Å². The van der Waals surface area contributed by atoms with Crippen molar-refractivity contribution in [2.75, 3.05) is 0 Å². The van der Waals surface area contributed by atoms with E-state index in [1.54, 1.807) is 0 Å². The first-order valence-corrected chi connectivity index (χ1v) is 3.63. The molecule has 0 saturated heterocycles. The fraction of sp³-hybridized carbons (Fsp3) is 0.714. The van der Waals surface area contributed by atoms with E-state index in [9.17, 15) is 30.7 Å². The van der Waals surface area contributed by atoms with Gasteiger partial charge >= 0.3 is 17.8 Å². The van der Waals surface area contributed by atoms with Gasteiger partial charge in [-0.3, -0.25) is 0 Å². The molecule has 0 radical (unpaired) electrons. The summed E-state index contributed by atoms with van der Waals surface area (Å²) in [5.74, 6) is -18.9. The van der Waals surface area contributed by atoms with E-state index < -0.39 is 35.6 Å². The highest BCUT2D eigenvalue weighted by atomic mass is 19.3. The quantitative estimate of drug-likeness (QED) is 0.595. The highest BCUT2D eigenvalue weighted by Gasteiger charge is 2.80. The summed E-state index contributed by atoms with van der Waals surface area (Å²) in [6.07, 6.45) is -0.885. The van der Waals surface area contributed by atoms with Crippen molar-refractivity contribution in [3.8, 4) is 0 Å². The predicted octanol–water partition coefficient (Wildman–Crippen LogP) is 3.54. The molecule has 0 N–H and O–H groups in total. The standard InChI is InChI=1S/C7H5F7/c1-2-3-4(8)6(11,12)7(13,14)5(3,9)10/h2H2,1H3. The molecule has 0 aromatic rings. The van der Waals surface area contributed by atoms with Crippen molar-refractivity contribution in [2.45, 2.75) is 31.1 Å². The molecule has 0 aromatic heterocycles. The first-order valence-electron chi connectivity index (χ1n) is 3.63. The van der Waals surface area contributed by atoms with E-state index in [1.807, 2.05) is 0 Å². The van der Waals surface area contributed by atoms with Crippen LogP contribution >= 0.6 is 0 Å². The van der Waals surface area contributed by atoms with Gasteiger partial charge in [0.2, 0.25) is 0 Å². The smallest absolute Gasteiger partial charge is 0.205 e. The second-order valence-electron chi connectivity index (χ2n) is 2.87. The maximum atomic E-state index is 12.6. The van der Waals surface area contributed by atoms with Crippen molar-refractivity contribution in [3.05, 3.63) is 11.4 Å². The Hall–Kier alpha value is -0.750. The molecule has 1 rings (SSSR count). The van der Waals surface area contributed by atoms with Gasteiger partial charge in [0, 0.05) is 5.57 Å². The minimum absolute atomic E-state index is 0.885. The minimum atomic E-state index is -5.69. The summed E-state index contributed by atoms with van der Waals surface area (Å²) in [4.78, 5) is 0. The summed E-state index contributed by atoms with van der Waals surface area (Å²) in [6, 6.07) is 0. The van der Waals surface area contributed by atoms with Crippen LogP contribution in [0.3, 0.4) is 0 Å². The molecule has 1 aliphatic rings. The van der Waals surface area contributed by atoms with Gasteiger partial charge < -0.3 is 0 Å². The molecule has 0 atom stereocenters. The molecule has 7 heteroatoms. The largest absolute Gasteiger partial charge is 0.382 e. The number of rotatable bonds is 1. The Morgan fingerprint density at radius 2 is 1.36 bits per heavy atom. The van der Waals surface area contributed by atoms with Gasteiger partial charge in [-0.1, -0.05) is 6.92 Å². The predicted molar refractivity (Wildman–Crippen MR) is 33.3 cm³/mol. The molecule has 0 spiro atoms. The van der Waals surface area contributed by atoms with Gasteiger partial charge in [0.15, 0.2) is 5.83 Å². The van der Waals surface area contributed by atoms with E-state index >= 15 is 0 Å². The molecule has 0 heterocycles. The number of alkyl halides is 6. The van der Waals surface area contributed by atoms with E-state index in [0.717, 1.165) is 6.92 Å². The van der Waals surface area contributed by atoms with Crippen LogP contribution in [0.1, 0.15) is 13.3 Å². The highest BCUT2D eigenvalue weighted by molar-refractivity contribution is 5.36. The Kier molecular flexibility index (Phi) is 2.13. The fourth-order valence-corrected chi connectivity index (χ4v) is 1.23. The third-order valence-corrected chi connectivity index (χ3v) is 2.06. The van der Waals surface area contributed by atoms with Crippen LogP contribution in [0.2, 0.25) is 0 Å². The monoisotopic (exact) mass is 222 g/mol. The maximum absolute atomic E-state index is 12.6. The summed E-state index contributed by atoms with van der Waals surface area (Å²) in [5, 5.41) is 0. The lowest BCUT2D eigenvalue weighted by Crippen LogP contribution is -2.49. The molecule has 82 valence electrons. The first-order chi connectivity index (χ1) is 6.10. The summed E-state index contributed by atoms with van der Waals surface area (Å²) >= 11 is 0. The SMILES string of the molecule is CCC1=C(F)C(F)(F)C(F)(F)C1(F)F. The van der Waals surface area contributed by atoms with Crippen molar-refractivity contribution in [1.29, 1.82) is 0 Å². The summed E-state index contributed by atoms with van der Waals surface area (Å²) in [6.45, 7) is 0.903. The number of hydrogen-bond acceptors (Lipinski definition) is 0. The van der Waals surface area contributed by atoms with Crippen LogP contribution in [0.4, 0.5) is 30.7 Å². The zero-order chi connectivity index (χ0) is 11.4. The molecule has 0 fully saturated rings. The molecule has 0 unspecified atom stereocenters. The average Bonchev–Trinajstić information content (AvgIpc) is 2.10. The van der Waals surface area contributed by atoms with E-state index in [2.05, 4.69) is 0 Å². The molecular formula is C7H5F7. The van der Waals surface area contributed by atoms with Crippen LogP contribution in [0.5, 0.6) is 0 Å². The first kappa shape index (κ1) is 11.3.